The van der Waals surface area contributed by atoms with E-state index in [2.05, 4.69) is 25.6 Å². The highest BCUT2D eigenvalue weighted by Crippen LogP contribution is 2.24. The highest BCUT2D eigenvalue weighted by atomic mass is 16.2. The monoisotopic (exact) mass is 385 g/mol. The fourth-order valence-corrected chi connectivity index (χ4v) is 4.33. The largest absolute Gasteiger partial charge is 0.368 e. The number of carbonyl (C=O) groups is 2. The van der Waals surface area contributed by atoms with E-state index in [0.29, 0.717) is 31.8 Å². The Morgan fingerprint density at radius 1 is 1.14 bits per heavy atom. The molecule has 3 heterocycles. The molecule has 0 radical (unpaired) electrons. The third-order valence-corrected chi connectivity index (χ3v) is 5.90. The average molecular weight is 385 g/mol. The number of hydrogen-bond donors (Lipinski definition) is 3. The van der Waals surface area contributed by atoms with Crippen LogP contribution in [0, 0.1) is 0 Å². The van der Waals surface area contributed by atoms with Crippen molar-refractivity contribution in [3.8, 4) is 0 Å². The van der Waals surface area contributed by atoms with Gasteiger partial charge in [0.15, 0.2) is 0 Å². The van der Waals surface area contributed by atoms with Gasteiger partial charge in [-0.3, -0.25) is 14.5 Å². The first-order chi connectivity index (χ1) is 13.6. The lowest BCUT2D eigenvalue weighted by molar-refractivity contribution is -0.142. The first kappa shape index (κ1) is 18.8. The van der Waals surface area contributed by atoms with Gasteiger partial charge in [-0.1, -0.05) is 6.07 Å². The summed E-state index contributed by atoms with van der Waals surface area (Å²) in [6.07, 6.45) is 2.47. The molecule has 2 amide bonds. The molecule has 2 saturated heterocycles. The maximum absolute atomic E-state index is 12.8. The third kappa shape index (κ3) is 4.00. The van der Waals surface area contributed by atoms with Gasteiger partial charge in [0.25, 0.3) is 0 Å². The van der Waals surface area contributed by atoms with E-state index in [9.17, 15) is 9.59 Å². The van der Waals surface area contributed by atoms with Crippen LogP contribution in [0.15, 0.2) is 18.2 Å². The number of nitrogens with zero attached hydrogens (tertiary/aromatic N) is 4. The van der Waals surface area contributed by atoms with Crippen molar-refractivity contribution in [2.45, 2.75) is 37.8 Å². The molecule has 2 unspecified atom stereocenters. The van der Waals surface area contributed by atoms with Gasteiger partial charge in [-0.25, -0.2) is 0 Å². The van der Waals surface area contributed by atoms with Gasteiger partial charge < -0.3 is 16.0 Å². The normalized spacial score (nSPS) is 23.8. The number of aryl methyl sites for hydroxylation is 1. The molecule has 4 N–H and O–H groups in total. The van der Waals surface area contributed by atoms with E-state index < -0.39 is 11.9 Å². The number of hydrogen-bond acceptors (Lipinski definition) is 6. The van der Waals surface area contributed by atoms with Gasteiger partial charge in [-0.2, -0.15) is 15.4 Å². The molecule has 2 fully saturated rings. The summed E-state index contributed by atoms with van der Waals surface area (Å²) in [4.78, 5) is 29.0. The van der Waals surface area contributed by atoms with Crippen molar-refractivity contribution in [2.24, 2.45) is 5.73 Å². The number of amides is 2. The summed E-state index contributed by atoms with van der Waals surface area (Å²) in [5.74, 6) is -0.417. The number of likely N-dealkylation sites (tertiary alicyclic amines) is 1. The van der Waals surface area contributed by atoms with Crippen LogP contribution >= 0.6 is 0 Å². The van der Waals surface area contributed by atoms with E-state index in [1.807, 2.05) is 18.2 Å². The summed E-state index contributed by atoms with van der Waals surface area (Å²) in [6.45, 7) is 4.49. The molecule has 1 aromatic heterocycles. The highest BCUT2D eigenvalue weighted by Gasteiger charge is 2.37. The standard InChI is InChI=1S/C19H27N7O2/c20-19(28)17-12-14(25-9-6-21-7-10-25)5-8-26(17)18(27)4-2-13-1-3-15-16(11-13)23-24-22-15/h1,3,11,14,17,21H,2,4-10,12H2,(H2,20,28)(H,22,23,24). The minimum absolute atomic E-state index is 0.0113. The number of aromatic amines is 1. The number of primary amides is 1. The molecule has 0 spiro atoms. The van der Waals surface area contributed by atoms with Crippen LogP contribution in [0.5, 0.6) is 0 Å². The fraction of sp³-hybridized carbons (Fsp3) is 0.579. The van der Waals surface area contributed by atoms with Crippen LogP contribution in [-0.2, 0) is 16.0 Å². The lowest BCUT2D eigenvalue weighted by Gasteiger charge is -2.43. The highest BCUT2D eigenvalue weighted by molar-refractivity contribution is 5.87. The zero-order valence-electron chi connectivity index (χ0n) is 15.9. The summed E-state index contributed by atoms with van der Waals surface area (Å²) in [6, 6.07) is 5.59. The van der Waals surface area contributed by atoms with Crippen LogP contribution in [0.1, 0.15) is 24.8 Å². The molecule has 1 aromatic carbocycles. The predicted octanol–water partition coefficient (Wildman–Crippen LogP) is -0.359. The molecular formula is C19H27N7O2. The molecule has 2 aromatic rings. The Labute approximate surface area is 163 Å². The molecule has 2 aliphatic heterocycles. The van der Waals surface area contributed by atoms with Gasteiger partial charge in [0.1, 0.15) is 17.1 Å². The number of piperazine rings is 1. The number of benzene rings is 1. The van der Waals surface area contributed by atoms with Gasteiger partial charge in [-0.15, -0.1) is 0 Å². The van der Waals surface area contributed by atoms with Crippen molar-refractivity contribution in [2.75, 3.05) is 32.7 Å². The first-order valence-corrected chi connectivity index (χ1v) is 9.95. The van der Waals surface area contributed by atoms with Gasteiger partial charge in [0.2, 0.25) is 11.8 Å². The zero-order chi connectivity index (χ0) is 19.5. The molecule has 0 saturated carbocycles. The number of rotatable bonds is 5. The number of nitrogens with two attached hydrogens (primary N) is 1. The predicted molar refractivity (Wildman–Crippen MR) is 104 cm³/mol. The molecule has 0 aliphatic carbocycles. The Hall–Kier alpha value is -2.52. The fourth-order valence-electron chi connectivity index (χ4n) is 4.33. The molecule has 0 bridgehead atoms. The SMILES string of the molecule is NC(=O)C1CC(N2CCNCC2)CCN1C(=O)CCc1ccc2n[nH]nc2c1. The van der Waals surface area contributed by atoms with Crippen molar-refractivity contribution in [3.05, 3.63) is 23.8 Å². The van der Waals surface area contributed by atoms with E-state index in [0.717, 1.165) is 49.2 Å². The molecule has 28 heavy (non-hydrogen) atoms. The number of piperidine rings is 1. The summed E-state index contributed by atoms with van der Waals surface area (Å²) < 4.78 is 0. The van der Waals surface area contributed by atoms with Crippen LogP contribution in [0.25, 0.3) is 11.0 Å². The van der Waals surface area contributed by atoms with Gasteiger partial charge >= 0.3 is 0 Å². The first-order valence-electron chi connectivity index (χ1n) is 9.95. The number of carbonyl (C=O) groups excluding carboxylic acids is 2. The summed E-state index contributed by atoms with van der Waals surface area (Å²) in [5, 5.41) is 14.1. The second kappa shape index (κ2) is 8.24. The number of nitrogens with one attached hydrogen (secondary N) is 2. The maximum atomic E-state index is 12.8. The van der Waals surface area contributed by atoms with Crippen molar-refractivity contribution in [3.63, 3.8) is 0 Å². The third-order valence-electron chi connectivity index (χ3n) is 5.90. The molecule has 2 aliphatic rings. The summed E-state index contributed by atoms with van der Waals surface area (Å²) in [7, 11) is 0. The lowest BCUT2D eigenvalue weighted by atomic mass is 9.94. The van der Waals surface area contributed by atoms with E-state index in [1.165, 1.54) is 0 Å². The van der Waals surface area contributed by atoms with Crippen LogP contribution in [0.2, 0.25) is 0 Å². The average Bonchev–Trinajstić information content (AvgIpc) is 3.20. The van der Waals surface area contributed by atoms with Crippen molar-refractivity contribution < 1.29 is 9.59 Å². The second-order valence-corrected chi connectivity index (χ2v) is 7.62. The zero-order valence-corrected chi connectivity index (χ0v) is 15.9. The maximum Gasteiger partial charge on any atom is 0.240 e. The summed E-state index contributed by atoms with van der Waals surface area (Å²) >= 11 is 0. The van der Waals surface area contributed by atoms with Gasteiger partial charge in [-0.05, 0) is 37.0 Å². The number of H-pyrrole nitrogens is 1. The molecule has 9 nitrogen and oxygen atoms in total. The molecule has 2 atom stereocenters. The minimum atomic E-state index is -0.515. The quantitative estimate of drug-likeness (QED) is 0.647. The van der Waals surface area contributed by atoms with E-state index in [1.54, 1.807) is 4.90 Å². The van der Waals surface area contributed by atoms with Gasteiger partial charge in [0, 0.05) is 45.2 Å². The second-order valence-electron chi connectivity index (χ2n) is 7.62. The topological polar surface area (TPSA) is 120 Å². The van der Waals surface area contributed by atoms with Crippen molar-refractivity contribution in [1.29, 1.82) is 0 Å². The summed E-state index contributed by atoms with van der Waals surface area (Å²) in [5.41, 5.74) is 8.28. The molecule has 9 heteroatoms. The van der Waals surface area contributed by atoms with Crippen LogP contribution in [0.3, 0.4) is 0 Å². The Balaban J connectivity index is 1.37. The van der Waals surface area contributed by atoms with Crippen molar-refractivity contribution >= 4 is 22.8 Å². The lowest BCUT2D eigenvalue weighted by Crippen LogP contribution is -2.58. The Morgan fingerprint density at radius 3 is 2.71 bits per heavy atom. The smallest absolute Gasteiger partial charge is 0.240 e. The van der Waals surface area contributed by atoms with E-state index in [-0.39, 0.29) is 5.91 Å². The van der Waals surface area contributed by atoms with Crippen LogP contribution < -0.4 is 11.1 Å². The number of fused-ring (bicyclic) bond motifs is 1. The minimum Gasteiger partial charge on any atom is -0.368 e. The molecular weight excluding hydrogens is 358 g/mol. The van der Waals surface area contributed by atoms with Crippen LogP contribution in [-0.4, -0.2) is 81.8 Å². The Bertz CT molecular complexity index is 846. The van der Waals surface area contributed by atoms with Crippen molar-refractivity contribution in [1.82, 2.24) is 30.5 Å². The molecule has 4 rings (SSSR count). The van der Waals surface area contributed by atoms with Crippen LogP contribution in [0.4, 0.5) is 0 Å². The van der Waals surface area contributed by atoms with E-state index in [4.69, 9.17) is 5.73 Å². The van der Waals surface area contributed by atoms with E-state index >= 15 is 0 Å². The number of aromatic nitrogens is 3. The Kier molecular flexibility index (Phi) is 5.54. The molecule has 150 valence electrons. The van der Waals surface area contributed by atoms with Gasteiger partial charge in [0.05, 0.1) is 0 Å². The Morgan fingerprint density at radius 2 is 1.93 bits per heavy atom.